The van der Waals surface area contributed by atoms with Gasteiger partial charge in [0.1, 0.15) is 13.2 Å². The molecule has 0 bridgehead atoms. The van der Waals surface area contributed by atoms with Crippen molar-refractivity contribution in [1.29, 1.82) is 0 Å². The van der Waals surface area contributed by atoms with Crippen molar-refractivity contribution in [3.05, 3.63) is 48.6 Å². The highest BCUT2D eigenvalue weighted by molar-refractivity contribution is 5.71. The molecule has 0 fully saturated rings. The van der Waals surface area contributed by atoms with E-state index in [0.29, 0.717) is 25.7 Å². The molecule has 0 saturated carbocycles. The van der Waals surface area contributed by atoms with Gasteiger partial charge in [0.15, 0.2) is 6.10 Å². The lowest BCUT2D eigenvalue weighted by Gasteiger charge is -2.18. The molecule has 0 N–H and O–H groups in total. The first-order valence-electron chi connectivity index (χ1n) is 19.7. The second-order valence-electron chi connectivity index (χ2n) is 12.9. The molecule has 1 unspecified atom stereocenters. The molecule has 0 spiro atoms. The van der Waals surface area contributed by atoms with Crippen LogP contribution >= 0.6 is 0 Å². The third kappa shape index (κ3) is 34.7. The van der Waals surface area contributed by atoms with E-state index in [2.05, 4.69) is 69.4 Å². The fraction of sp³-hybridized carbons (Fsp3) is 0.738. The van der Waals surface area contributed by atoms with Gasteiger partial charge >= 0.3 is 17.9 Å². The monoisotopic (exact) mass is 673 g/mol. The molecule has 0 aliphatic carbocycles. The molecular weight excluding hydrogens is 600 g/mol. The SMILES string of the molecule is CCCC/C=C\C=C/CCCCCC(=O)OCC(COC(=O)CCC/C=C\CCCCCC)OC(=O)CCCCCC/C=C\CCCC. The minimum atomic E-state index is -0.794. The van der Waals surface area contributed by atoms with Crippen LogP contribution in [0.4, 0.5) is 0 Å². The second kappa shape index (κ2) is 37.2. The minimum Gasteiger partial charge on any atom is -0.462 e. The molecule has 0 rings (SSSR count). The highest BCUT2D eigenvalue weighted by Crippen LogP contribution is 2.11. The van der Waals surface area contributed by atoms with Crippen molar-refractivity contribution in [2.45, 2.75) is 187 Å². The maximum atomic E-state index is 12.6. The molecular formula is C42H72O6. The molecule has 48 heavy (non-hydrogen) atoms. The lowest BCUT2D eigenvalue weighted by atomic mass is 10.1. The fourth-order valence-electron chi connectivity index (χ4n) is 4.99. The van der Waals surface area contributed by atoms with Gasteiger partial charge in [0.05, 0.1) is 0 Å². The summed E-state index contributed by atoms with van der Waals surface area (Å²) in [5.74, 6) is -0.987. The van der Waals surface area contributed by atoms with Crippen LogP contribution in [0.15, 0.2) is 48.6 Å². The maximum absolute atomic E-state index is 12.6. The van der Waals surface area contributed by atoms with Gasteiger partial charge in [0.25, 0.3) is 0 Å². The zero-order valence-electron chi connectivity index (χ0n) is 31.2. The van der Waals surface area contributed by atoms with Crippen LogP contribution in [0.25, 0.3) is 0 Å². The molecule has 0 radical (unpaired) electrons. The molecule has 0 aromatic carbocycles. The van der Waals surface area contributed by atoms with Crippen LogP contribution in [0, 0.1) is 0 Å². The lowest BCUT2D eigenvalue weighted by molar-refractivity contribution is -0.167. The van der Waals surface area contributed by atoms with Crippen molar-refractivity contribution < 1.29 is 28.6 Å². The van der Waals surface area contributed by atoms with E-state index in [-0.39, 0.29) is 31.1 Å². The summed E-state index contributed by atoms with van der Waals surface area (Å²) >= 11 is 0. The topological polar surface area (TPSA) is 78.9 Å². The summed E-state index contributed by atoms with van der Waals surface area (Å²) in [4.78, 5) is 37.4. The molecule has 0 aromatic rings. The average Bonchev–Trinajstić information content (AvgIpc) is 3.08. The molecule has 276 valence electrons. The Bertz CT molecular complexity index is 871. The summed E-state index contributed by atoms with van der Waals surface area (Å²) in [5.41, 5.74) is 0. The van der Waals surface area contributed by atoms with Gasteiger partial charge in [-0.05, 0) is 77.0 Å². The number of esters is 3. The predicted octanol–water partition coefficient (Wildman–Crippen LogP) is 12.0. The first-order valence-corrected chi connectivity index (χ1v) is 19.7. The summed E-state index contributed by atoms with van der Waals surface area (Å²) in [6.07, 6.45) is 41.1. The van der Waals surface area contributed by atoms with E-state index >= 15 is 0 Å². The third-order valence-electron chi connectivity index (χ3n) is 8.05. The Morgan fingerprint density at radius 1 is 0.417 bits per heavy atom. The van der Waals surface area contributed by atoms with Crippen molar-refractivity contribution in [2.24, 2.45) is 0 Å². The van der Waals surface area contributed by atoms with Crippen LogP contribution in [-0.2, 0) is 28.6 Å². The van der Waals surface area contributed by atoms with E-state index in [4.69, 9.17) is 14.2 Å². The molecule has 0 aliphatic heterocycles. The Hall–Kier alpha value is -2.63. The van der Waals surface area contributed by atoms with Gasteiger partial charge in [-0.3, -0.25) is 14.4 Å². The van der Waals surface area contributed by atoms with Gasteiger partial charge in [-0.1, -0.05) is 134 Å². The van der Waals surface area contributed by atoms with E-state index < -0.39 is 6.10 Å². The molecule has 0 aliphatic rings. The smallest absolute Gasteiger partial charge is 0.306 e. The second-order valence-corrected chi connectivity index (χ2v) is 12.9. The molecule has 0 heterocycles. The van der Waals surface area contributed by atoms with Crippen molar-refractivity contribution in [1.82, 2.24) is 0 Å². The van der Waals surface area contributed by atoms with Crippen LogP contribution in [0.1, 0.15) is 181 Å². The number of allylic oxidation sites excluding steroid dienone is 8. The van der Waals surface area contributed by atoms with Crippen molar-refractivity contribution in [2.75, 3.05) is 13.2 Å². The normalized spacial score (nSPS) is 12.5. The standard InChI is InChI=1S/C42H72O6/c1-4-7-10-13-16-19-21-24-26-29-32-35-41(44)47-38-39(37-46-40(43)34-31-28-25-22-18-15-12-9-6-3)48-42(45)36-33-30-27-23-20-17-14-11-8-5-2/h13-14,16-17,19,21-22,25,39H,4-12,15,18,20,23-24,26-38H2,1-3H3/b16-13-,17-14-,21-19-,25-22-. The Morgan fingerprint density at radius 3 is 1.33 bits per heavy atom. The summed E-state index contributed by atoms with van der Waals surface area (Å²) < 4.78 is 16.5. The number of rotatable bonds is 34. The minimum absolute atomic E-state index is 0.101. The zero-order chi connectivity index (χ0) is 35.2. The molecule has 0 amide bonds. The van der Waals surface area contributed by atoms with Crippen molar-refractivity contribution in [3.63, 3.8) is 0 Å². The Balaban J connectivity index is 4.48. The molecule has 0 aromatic heterocycles. The largest absolute Gasteiger partial charge is 0.462 e. The fourth-order valence-corrected chi connectivity index (χ4v) is 4.99. The van der Waals surface area contributed by atoms with Gasteiger partial charge in [0.2, 0.25) is 0 Å². The Morgan fingerprint density at radius 2 is 0.792 bits per heavy atom. The van der Waals surface area contributed by atoms with Gasteiger partial charge in [-0.25, -0.2) is 0 Å². The average molecular weight is 673 g/mol. The van der Waals surface area contributed by atoms with Crippen molar-refractivity contribution in [3.8, 4) is 0 Å². The summed E-state index contributed by atoms with van der Waals surface area (Å²) in [5, 5.41) is 0. The molecule has 0 saturated heterocycles. The van der Waals surface area contributed by atoms with Crippen LogP contribution in [0.5, 0.6) is 0 Å². The van der Waals surface area contributed by atoms with Gasteiger partial charge in [-0.15, -0.1) is 0 Å². The van der Waals surface area contributed by atoms with Gasteiger partial charge in [-0.2, -0.15) is 0 Å². The number of unbranched alkanes of at least 4 members (excludes halogenated alkanes) is 16. The van der Waals surface area contributed by atoms with E-state index in [1.807, 2.05) is 0 Å². The molecule has 6 heteroatoms. The summed E-state index contributed by atoms with van der Waals surface area (Å²) in [6.45, 7) is 6.41. The predicted molar refractivity (Wildman–Crippen MR) is 201 cm³/mol. The van der Waals surface area contributed by atoms with Crippen LogP contribution in [0.3, 0.4) is 0 Å². The van der Waals surface area contributed by atoms with E-state index in [1.165, 1.54) is 51.4 Å². The Kier molecular flexibility index (Phi) is 35.2. The zero-order valence-corrected chi connectivity index (χ0v) is 31.2. The first kappa shape index (κ1) is 45.4. The lowest BCUT2D eigenvalue weighted by Crippen LogP contribution is -2.30. The van der Waals surface area contributed by atoms with Crippen LogP contribution in [0.2, 0.25) is 0 Å². The van der Waals surface area contributed by atoms with Gasteiger partial charge < -0.3 is 14.2 Å². The number of carbonyl (C=O) groups excluding carboxylic acids is 3. The Labute approximate surface area is 295 Å². The molecule has 6 nitrogen and oxygen atoms in total. The maximum Gasteiger partial charge on any atom is 0.306 e. The highest BCUT2D eigenvalue weighted by atomic mass is 16.6. The van der Waals surface area contributed by atoms with E-state index in [1.54, 1.807) is 0 Å². The van der Waals surface area contributed by atoms with Crippen molar-refractivity contribution >= 4 is 17.9 Å². The number of ether oxygens (including phenoxy) is 3. The van der Waals surface area contributed by atoms with E-state index in [0.717, 1.165) is 83.5 Å². The number of hydrogen-bond donors (Lipinski definition) is 0. The quantitative estimate of drug-likeness (QED) is 0.0222. The number of carbonyl (C=O) groups is 3. The summed E-state index contributed by atoms with van der Waals surface area (Å²) in [6, 6.07) is 0. The highest BCUT2D eigenvalue weighted by Gasteiger charge is 2.19. The number of hydrogen-bond acceptors (Lipinski definition) is 6. The molecule has 1 atom stereocenters. The van der Waals surface area contributed by atoms with Crippen LogP contribution in [-0.4, -0.2) is 37.2 Å². The van der Waals surface area contributed by atoms with Crippen LogP contribution < -0.4 is 0 Å². The first-order chi connectivity index (χ1) is 23.5. The van der Waals surface area contributed by atoms with E-state index in [9.17, 15) is 14.4 Å². The summed E-state index contributed by atoms with van der Waals surface area (Å²) in [7, 11) is 0. The van der Waals surface area contributed by atoms with Gasteiger partial charge in [0, 0.05) is 19.3 Å². The third-order valence-corrected chi connectivity index (χ3v) is 8.05.